The molecule has 1 aromatic heterocycles. The molecule has 132 valence electrons. The highest BCUT2D eigenvalue weighted by Crippen LogP contribution is 2.32. The van der Waals surface area contributed by atoms with Crippen LogP contribution in [0, 0.1) is 5.92 Å². The van der Waals surface area contributed by atoms with Gasteiger partial charge in [0.05, 0.1) is 12.0 Å². The van der Waals surface area contributed by atoms with E-state index in [0.29, 0.717) is 0 Å². The molecule has 1 aliphatic rings. The molecule has 3 unspecified atom stereocenters. The zero-order valence-corrected chi connectivity index (χ0v) is 15.0. The molecule has 4 heteroatoms. The number of nitrogens with one attached hydrogen (secondary N) is 1. The van der Waals surface area contributed by atoms with Gasteiger partial charge in [-0.1, -0.05) is 43.2 Å². The van der Waals surface area contributed by atoms with Crippen molar-refractivity contribution in [1.82, 2.24) is 10.3 Å². The molecular formula is C21H27N3O. The Morgan fingerprint density at radius 1 is 1.24 bits per heavy atom. The first-order chi connectivity index (χ1) is 12.0. The van der Waals surface area contributed by atoms with E-state index in [1.165, 1.54) is 0 Å². The van der Waals surface area contributed by atoms with E-state index in [4.69, 9.17) is 5.73 Å². The van der Waals surface area contributed by atoms with Crippen molar-refractivity contribution in [2.24, 2.45) is 11.7 Å². The molecule has 1 aliphatic carbocycles. The lowest BCUT2D eigenvalue weighted by molar-refractivity contribution is -0.128. The number of carbonyl (C=O) groups is 1. The highest BCUT2D eigenvalue weighted by molar-refractivity contribution is 5.80. The smallest absolute Gasteiger partial charge is 0.225 e. The van der Waals surface area contributed by atoms with Gasteiger partial charge in [0.25, 0.3) is 0 Å². The molecule has 1 saturated carbocycles. The predicted octanol–water partition coefficient (Wildman–Crippen LogP) is 3.83. The van der Waals surface area contributed by atoms with Crippen LogP contribution >= 0.6 is 0 Å². The molecule has 0 radical (unpaired) electrons. The molecule has 3 rings (SSSR count). The van der Waals surface area contributed by atoms with Crippen molar-refractivity contribution in [3.05, 3.63) is 54.4 Å². The van der Waals surface area contributed by atoms with Crippen LogP contribution < -0.4 is 11.1 Å². The summed E-state index contributed by atoms with van der Waals surface area (Å²) in [6.07, 6.45) is 7.61. The molecule has 1 fully saturated rings. The minimum atomic E-state index is -0.397. The Balaban J connectivity index is 1.67. The Bertz CT molecular complexity index is 710. The maximum atomic E-state index is 12.7. The van der Waals surface area contributed by atoms with Gasteiger partial charge in [-0.15, -0.1) is 0 Å². The van der Waals surface area contributed by atoms with Crippen molar-refractivity contribution in [3.8, 4) is 11.1 Å². The van der Waals surface area contributed by atoms with E-state index in [9.17, 15) is 4.79 Å². The molecule has 1 aromatic carbocycles. The lowest BCUT2D eigenvalue weighted by Gasteiger charge is -2.37. The molecule has 1 heterocycles. The van der Waals surface area contributed by atoms with Crippen molar-refractivity contribution < 1.29 is 4.79 Å². The van der Waals surface area contributed by atoms with E-state index in [0.717, 1.165) is 42.4 Å². The summed E-state index contributed by atoms with van der Waals surface area (Å²) in [6, 6.07) is 12.2. The fourth-order valence-electron chi connectivity index (χ4n) is 3.68. The first-order valence-electron chi connectivity index (χ1n) is 9.07. The van der Waals surface area contributed by atoms with Crippen molar-refractivity contribution in [3.63, 3.8) is 0 Å². The predicted molar refractivity (Wildman–Crippen MR) is 101 cm³/mol. The van der Waals surface area contributed by atoms with Crippen LogP contribution in [0.4, 0.5) is 0 Å². The Hall–Kier alpha value is -2.20. The molecule has 25 heavy (non-hydrogen) atoms. The number of aromatic nitrogens is 1. The summed E-state index contributed by atoms with van der Waals surface area (Å²) >= 11 is 0. The molecular weight excluding hydrogens is 310 g/mol. The summed E-state index contributed by atoms with van der Waals surface area (Å²) < 4.78 is 0. The molecule has 0 saturated heterocycles. The van der Waals surface area contributed by atoms with Gasteiger partial charge in [-0.2, -0.15) is 0 Å². The molecule has 4 nitrogen and oxygen atoms in total. The maximum Gasteiger partial charge on any atom is 0.225 e. The average Bonchev–Trinajstić information content (AvgIpc) is 2.62. The topological polar surface area (TPSA) is 68.0 Å². The second-order valence-electron chi connectivity index (χ2n) is 7.40. The van der Waals surface area contributed by atoms with Gasteiger partial charge in [-0.25, -0.2) is 0 Å². The highest BCUT2D eigenvalue weighted by atomic mass is 16.2. The normalized spacial score (nSPS) is 24.5. The quantitative estimate of drug-likeness (QED) is 0.891. The van der Waals surface area contributed by atoms with Crippen molar-refractivity contribution in [2.45, 2.75) is 51.1 Å². The molecule has 1 amide bonds. The molecule has 3 N–H and O–H groups in total. The number of amides is 1. The average molecular weight is 337 g/mol. The third-order valence-electron chi connectivity index (χ3n) is 5.34. The van der Waals surface area contributed by atoms with Crippen molar-refractivity contribution in [1.29, 1.82) is 0 Å². The van der Waals surface area contributed by atoms with Gasteiger partial charge >= 0.3 is 0 Å². The van der Waals surface area contributed by atoms with E-state index in [1.54, 1.807) is 6.20 Å². The van der Waals surface area contributed by atoms with E-state index < -0.39 is 5.54 Å². The summed E-state index contributed by atoms with van der Waals surface area (Å²) in [5.74, 6) is -0.0214. The van der Waals surface area contributed by atoms with Gasteiger partial charge in [0, 0.05) is 17.9 Å². The minimum absolute atomic E-state index is 0.0341. The molecule has 3 atom stereocenters. The van der Waals surface area contributed by atoms with E-state index in [2.05, 4.69) is 34.6 Å². The van der Waals surface area contributed by atoms with Crippen LogP contribution in [0.25, 0.3) is 11.1 Å². The van der Waals surface area contributed by atoms with Gasteiger partial charge in [0.2, 0.25) is 5.91 Å². The Morgan fingerprint density at radius 2 is 2.00 bits per heavy atom. The van der Waals surface area contributed by atoms with Gasteiger partial charge in [-0.05, 0) is 49.4 Å². The lowest BCUT2D eigenvalue weighted by Crippen LogP contribution is -2.53. The van der Waals surface area contributed by atoms with Gasteiger partial charge in [-0.3, -0.25) is 9.78 Å². The first kappa shape index (κ1) is 17.6. The van der Waals surface area contributed by atoms with Crippen LogP contribution in [0.15, 0.2) is 48.8 Å². The van der Waals surface area contributed by atoms with Gasteiger partial charge in [0.15, 0.2) is 0 Å². The summed E-state index contributed by atoms with van der Waals surface area (Å²) in [5.41, 5.74) is 9.26. The second kappa shape index (κ2) is 7.36. The standard InChI is InChI=1S/C21H27N3O/c1-15(24-20(25)19-7-3-4-12-21(19,2)22)16-8-10-17(11-9-16)18-6-5-13-23-14-18/h5-6,8-11,13-15,19H,3-4,7,12,22H2,1-2H3,(H,24,25). The van der Waals surface area contributed by atoms with Crippen LogP contribution in [0.5, 0.6) is 0 Å². The minimum Gasteiger partial charge on any atom is -0.349 e. The Morgan fingerprint density at radius 3 is 2.64 bits per heavy atom. The number of benzene rings is 1. The number of nitrogens with zero attached hydrogens (tertiary/aromatic N) is 1. The number of rotatable bonds is 4. The van der Waals surface area contributed by atoms with E-state index >= 15 is 0 Å². The summed E-state index contributed by atoms with van der Waals surface area (Å²) in [6.45, 7) is 4.03. The fraction of sp³-hybridized carbons (Fsp3) is 0.429. The summed E-state index contributed by atoms with van der Waals surface area (Å²) in [7, 11) is 0. The van der Waals surface area contributed by atoms with E-state index in [-0.39, 0.29) is 17.9 Å². The third-order valence-corrected chi connectivity index (χ3v) is 5.34. The molecule has 0 spiro atoms. The fourth-order valence-corrected chi connectivity index (χ4v) is 3.68. The number of nitrogens with two attached hydrogens (primary N) is 1. The van der Waals surface area contributed by atoms with Crippen molar-refractivity contribution in [2.75, 3.05) is 0 Å². The highest BCUT2D eigenvalue weighted by Gasteiger charge is 2.38. The van der Waals surface area contributed by atoms with Crippen molar-refractivity contribution >= 4 is 5.91 Å². The zero-order valence-electron chi connectivity index (χ0n) is 15.0. The monoisotopic (exact) mass is 337 g/mol. The molecule has 0 bridgehead atoms. The summed E-state index contributed by atoms with van der Waals surface area (Å²) in [5, 5.41) is 3.15. The number of carbonyl (C=O) groups excluding carboxylic acids is 1. The second-order valence-corrected chi connectivity index (χ2v) is 7.40. The zero-order chi connectivity index (χ0) is 17.9. The number of hydrogen-bond acceptors (Lipinski definition) is 3. The maximum absolute atomic E-state index is 12.7. The third kappa shape index (κ3) is 4.07. The molecule has 2 aromatic rings. The van der Waals surface area contributed by atoms with Crippen LogP contribution in [0.1, 0.15) is 51.1 Å². The number of pyridine rings is 1. The van der Waals surface area contributed by atoms with Gasteiger partial charge < -0.3 is 11.1 Å². The van der Waals surface area contributed by atoms with Crippen LogP contribution in [-0.2, 0) is 4.79 Å². The Kier molecular flexibility index (Phi) is 5.19. The Labute approximate surface area is 149 Å². The van der Waals surface area contributed by atoms with Gasteiger partial charge in [0.1, 0.15) is 0 Å². The van der Waals surface area contributed by atoms with E-state index in [1.807, 2.05) is 32.2 Å². The SMILES string of the molecule is CC(NC(=O)C1CCCCC1(C)N)c1ccc(-c2cccnc2)cc1. The largest absolute Gasteiger partial charge is 0.349 e. The lowest BCUT2D eigenvalue weighted by atomic mass is 9.74. The summed E-state index contributed by atoms with van der Waals surface area (Å²) in [4.78, 5) is 16.8. The van der Waals surface area contributed by atoms with Crippen LogP contribution in [0.3, 0.4) is 0 Å². The first-order valence-corrected chi connectivity index (χ1v) is 9.07. The number of hydrogen-bond donors (Lipinski definition) is 2. The van der Waals surface area contributed by atoms with Crippen LogP contribution in [0.2, 0.25) is 0 Å². The van der Waals surface area contributed by atoms with Crippen LogP contribution in [-0.4, -0.2) is 16.4 Å². The molecule has 0 aliphatic heterocycles.